The van der Waals surface area contributed by atoms with Gasteiger partial charge in [0.2, 0.25) is 0 Å². The van der Waals surface area contributed by atoms with Gasteiger partial charge in [0.1, 0.15) is 0 Å². The van der Waals surface area contributed by atoms with Crippen LogP contribution in [-0.4, -0.2) is 24.2 Å². The molecule has 0 aromatic carbocycles. The van der Waals surface area contributed by atoms with E-state index < -0.39 is 0 Å². The molecule has 78 valence electrons. The van der Waals surface area contributed by atoms with E-state index in [2.05, 4.69) is 17.2 Å². The zero-order valence-electron chi connectivity index (χ0n) is 9.29. The minimum atomic E-state index is -0.151. The minimum Gasteiger partial charge on any atom is -0.381 e. The number of hydrogen-bond acceptors (Lipinski definition) is 3. The molecule has 3 nitrogen and oxygen atoms in total. The zero-order valence-corrected chi connectivity index (χ0v) is 9.29. The summed E-state index contributed by atoms with van der Waals surface area (Å²) in [6, 6.07) is 1.99. The molecule has 1 aromatic rings. The molecule has 1 N–H and O–H groups in total. The number of anilines is 1. The molecule has 1 rings (SSSR count). The summed E-state index contributed by atoms with van der Waals surface area (Å²) in [6.45, 7) is 6.93. The van der Waals surface area contributed by atoms with Crippen molar-refractivity contribution in [3.63, 3.8) is 0 Å². The first-order chi connectivity index (χ1) is 6.55. The van der Waals surface area contributed by atoms with E-state index in [1.165, 1.54) is 5.56 Å². The fraction of sp³-hybridized carbons (Fsp3) is 0.545. The lowest BCUT2D eigenvalue weighted by molar-refractivity contribution is 0.0343. The van der Waals surface area contributed by atoms with Crippen molar-refractivity contribution in [1.29, 1.82) is 0 Å². The third kappa shape index (κ3) is 3.00. The van der Waals surface area contributed by atoms with Gasteiger partial charge in [-0.2, -0.15) is 0 Å². The highest BCUT2D eigenvalue weighted by atomic mass is 16.5. The molecule has 3 heteroatoms. The number of pyridine rings is 1. The maximum Gasteiger partial charge on any atom is 0.0794 e. The minimum absolute atomic E-state index is 0.151. The Hall–Kier alpha value is -1.09. The molecular formula is C11H18N2O. The summed E-state index contributed by atoms with van der Waals surface area (Å²) >= 11 is 0. The maximum absolute atomic E-state index is 5.32. The van der Waals surface area contributed by atoms with E-state index in [0.29, 0.717) is 0 Å². The molecule has 0 saturated carbocycles. The third-order valence-electron chi connectivity index (χ3n) is 2.30. The van der Waals surface area contributed by atoms with Gasteiger partial charge < -0.3 is 10.1 Å². The predicted molar refractivity (Wildman–Crippen MR) is 58.6 cm³/mol. The van der Waals surface area contributed by atoms with Crippen molar-refractivity contribution in [2.45, 2.75) is 26.4 Å². The SMILES string of the molecule is COC(C)(C)CNc1cnccc1C. The van der Waals surface area contributed by atoms with Gasteiger partial charge in [0.15, 0.2) is 0 Å². The first-order valence-corrected chi connectivity index (χ1v) is 4.75. The average Bonchev–Trinajstić information content (AvgIpc) is 2.17. The van der Waals surface area contributed by atoms with Gasteiger partial charge in [-0.25, -0.2) is 0 Å². The van der Waals surface area contributed by atoms with Gasteiger partial charge >= 0.3 is 0 Å². The Morgan fingerprint density at radius 1 is 1.50 bits per heavy atom. The van der Waals surface area contributed by atoms with Crippen molar-refractivity contribution < 1.29 is 4.74 Å². The van der Waals surface area contributed by atoms with Crippen LogP contribution in [0.5, 0.6) is 0 Å². The molecule has 0 radical (unpaired) electrons. The van der Waals surface area contributed by atoms with Crippen LogP contribution in [0, 0.1) is 6.92 Å². The topological polar surface area (TPSA) is 34.1 Å². The number of aromatic nitrogens is 1. The van der Waals surface area contributed by atoms with Gasteiger partial charge in [-0.3, -0.25) is 4.98 Å². The van der Waals surface area contributed by atoms with Crippen LogP contribution in [0.15, 0.2) is 18.5 Å². The lowest BCUT2D eigenvalue weighted by atomic mass is 10.1. The van der Waals surface area contributed by atoms with E-state index >= 15 is 0 Å². The number of nitrogens with zero attached hydrogens (tertiary/aromatic N) is 1. The summed E-state index contributed by atoms with van der Waals surface area (Å²) in [6.07, 6.45) is 3.63. The van der Waals surface area contributed by atoms with Crippen LogP contribution in [0.1, 0.15) is 19.4 Å². The van der Waals surface area contributed by atoms with E-state index in [-0.39, 0.29) is 5.60 Å². The Kier molecular flexibility index (Phi) is 3.47. The van der Waals surface area contributed by atoms with Gasteiger partial charge in [0, 0.05) is 19.9 Å². The summed E-state index contributed by atoms with van der Waals surface area (Å²) in [5.41, 5.74) is 2.12. The molecule has 0 bridgehead atoms. The fourth-order valence-electron chi connectivity index (χ4n) is 1.03. The maximum atomic E-state index is 5.32. The number of rotatable bonds is 4. The van der Waals surface area contributed by atoms with Crippen molar-refractivity contribution in [3.05, 3.63) is 24.0 Å². The second kappa shape index (κ2) is 4.42. The summed E-state index contributed by atoms with van der Waals surface area (Å²) in [4.78, 5) is 4.07. The molecule has 0 unspecified atom stereocenters. The molecular weight excluding hydrogens is 176 g/mol. The van der Waals surface area contributed by atoms with Crippen molar-refractivity contribution in [3.8, 4) is 0 Å². The molecule has 0 aliphatic carbocycles. The first-order valence-electron chi connectivity index (χ1n) is 4.75. The van der Waals surface area contributed by atoms with Crippen molar-refractivity contribution in [1.82, 2.24) is 4.98 Å². The Bertz CT molecular complexity index is 297. The van der Waals surface area contributed by atoms with Crippen LogP contribution in [0.25, 0.3) is 0 Å². The van der Waals surface area contributed by atoms with Crippen LogP contribution in [0.4, 0.5) is 5.69 Å². The standard InChI is InChI=1S/C11H18N2O/c1-9-5-6-12-7-10(9)13-8-11(2,3)14-4/h5-7,13H,8H2,1-4H3. The molecule has 0 aliphatic rings. The van der Waals surface area contributed by atoms with Gasteiger partial charge in [0.25, 0.3) is 0 Å². The van der Waals surface area contributed by atoms with Gasteiger partial charge in [-0.1, -0.05) is 0 Å². The van der Waals surface area contributed by atoms with Crippen LogP contribution in [0.2, 0.25) is 0 Å². The number of ether oxygens (including phenoxy) is 1. The van der Waals surface area contributed by atoms with Crippen LogP contribution in [-0.2, 0) is 4.74 Å². The van der Waals surface area contributed by atoms with E-state index in [1.807, 2.05) is 26.1 Å². The molecule has 0 aliphatic heterocycles. The average molecular weight is 194 g/mol. The monoisotopic (exact) mass is 194 g/mol. The van der Waals surface area contributed by atoms with Crippen molar-refractivity contribution >= 4 is 5.69 Å². The quantitative estimate of drug-likeness (QED) is 0.798. The lowest BCUT2D eigenvalue weighted by Gasteiger charge is -2.24. The molecule has 1 heterocycles. The van der Waals surface area contributed by atoms with E-state index in [1.54, 1.807) is 13.3 Å². The van der Waals surface area contributed by atoms with Crippen molar-refractivity contribution in [2.75, 3.05) is 19.0 Å². The Balaban J connectivity index is 2.58. The van der Waals surface area contributed by atoms with Gasteiger partial charge in [0.05, 0.1) is 17.5 Å². The summed E-state index contributed by atoms with van der Waals surface area (Å²) in [7, 11) is 1.72. The third-order valence-corrected chi connectivity index (χ3v) is 2.30. The second-order valence-corrected chi connectivity index (χ2v) is 4.01. The molecule has 0 atom stereocenters. The summed E-state index contributed by atoms with van der Waals surface area (Å²) < 4.78 is 5.32. The summed E-state index contributed by atoms with van der Waals surface area (Å²) in [5.74, 6) is 0. The fourth-order valence-corrected chi connectivity index (χ4v) is 1.03. The molecule has 14 heavy (non-hydrogen) atoms. The van der Waals surface area contributed by atoms with Crippen LogP contribution in [0.3, 0.4) is 0 Å². The molecule has 1 aromatic heterocycles. The Labute approximate surface area is 85.5 Å². The number of methoxy groups -OCH3 is 1. The first kappa shape index (κ1) is 11.0. The highest BCUT2D eigenvalue weighted by molar-refractivity contribution is 5.48. The normalized spacial score (nSPS) is 11.4. The predicted octanol–water partition coefficient (Wildman–Crippen LogP) is 2.23. The molecule has 0 spiro atoms. The summed E-state index contributed by atoms with van der Waals surface area (Å²) in [5, 5.41) is 3.32. The largest absolute Gasteiger partial charge is 0.381 e. The Morgan fingerprint density at radius 2 is 2.21 bits per heavy atom. The number of aryl methyl sites for hydroxylation is 1. The Morgan fingerprint density at radius 3 is 2.79 bits per heavy atom. The van der Waals surface area contributed by atoms with E-state index in [9.17, 15) is 0 Å². The molecule has 0 fully saturated rings. The molecule has 0 saturated heterocycles. The molecule has 0 amide bonds. The number of hydrogen-bond donors (Lipinski definition) is 1. The van der Waals surface area contributed by atoms with E-state index in [0.717, 1.165) is 12.2 Å². The zero-order chi connectivity index (χ0) is 10.6. The van der Waals surface area contributed by atoms with Crippen LogP contribution < -0.4 is 5.32 Å². The van der Waals surface area contributed by atoms with E-state index in [4.69, 9.17) is 4.74 Å². The highest BCUT2D eigenvalue weighted by Crippen LogP contribution is 2.14. The van der Waals surface area contributed by atoms with Crippen molar-refractivity contribution in [2.24, 2.45) is 0 Å². The van der Waals surface area contributed by atoms with Crippen LogP contribution >= 0.6 is 0 Å². The number of nitrogens with one attached hydrogen (secondary N) is 1. The van der Waals surface area contributed by atoms with Gasteiger partial charge in [-0.15, -0.1) is 0 Å². The smallest absolute Gasteiger partial charge is 0.0794 e. The second-order valence-electron chi connectivity index (χ2n) is 4.01. The lowest BCUT2D eigenvalue weighted by Crippen LogP contribution is -2.32. The van der Waals surface area contributed by atoms with Gasteiger partial charge in [-0.05, 0) is 32.4 Å². The highest BCUT2D eigenvalue weighted by Gasteiger charge is 2.15.